The van der Waals surface area contributed by atoms with E-state index in [-0.39, 0.29) is 0 Å². The molecule has 1 saturated heterocycles. The van der Waals surface area contributed by atoms with Gasteiger partial charge in [0.15, 0.2) is 0 Å². The van der Waals surface area contributed by atoms with Crippen molar-refractivity contribution < 1.29 is 0 Å². The Morgan fingerprint density at radius 3 is 2.22 bits per heavy atom. The lowest BCUT2D eigenvalue weighted by Crippen LogP contribution is -2.56. The van der Waals surface area contributed by atoms with Crippen LogP contribution in [0.1, 0.15) is 47.5 Å². The molecule has 0 aromatic rings. The van der Waals surface area contributed by atoms with Gasteiger partial charge in [-0.25, -0.2) is 0 Å². The fourth-order valence-corrected chi connectivity index (χ4v) is 2.58. The van der Waals surface area contributed by atoms with Crippen LogP contribution < -0.4 is 5.32 Å². The van der Waals surface area contributed by atoms with Crippen LogP contribution in [0, 0.1) is 0 Å². The van der Waals surface area contributed by atoms with E-state index in [1.54, 1.807) is 0 Å². The van der Waals surface area contributed by atoms with Crippen LogP contribution in [0.2, 0.25) is 0 Å². The molecule has 0 aromatic heterocycles. The molecule has 1 aliphatic heterocycles. The van der Waals surface area contributed by atoms with Crippen molar-refractivity contribution in [2.75, 3.05) is 39.3 Å². The molecule has 3 heteroatoms. The third-order valence-electron chi connectivity index (χ3n) is 4.03. The Morgan fingerprint density at radius 2 is 1.72 bits per heavy atom. The van der Waals surface area contributed by atoms with E-state index in [0.29, 0.717) is 11.6 Å². The van der Waals surface area contributed by atoms with E-state index in [1.807, 2.05) is 0 Å². The maximum Gasteiger partial charge on any atom is 0.0193 e. The first kappa shape index (κ1) is 15.9. The summed E-state index contributed by atoms with van der Waals surface area (Å²) in [5.74, 6) is 0. The lowest BCUT2D eigenvalue weighted by atomic mass is 10.0. The SMILES string of the molecule is CCCCNCC(C)N1CCN(C(C)(C)C)CC1. The summed E-state index contributed by atoms with van der Waals surface area (Å²) in [6, 6.07) is 0.670. The molecule has 1 rings (SSSR count). The molecule has 0 bridgehead atoms. The van der Waals surface area contributed by atoms with E-state index in [2.05, 4.69) is 49.7 Å². The normalized spacial score (nSPS) is 21.2. The maximum atomic E-state index is 3.57. The van der Waals surface area contributed by atoms with Gasteiger partial charge in [0.05, 0.1) is 0 Å². The smallest absolute Gasteiger partial charge is 0.0193 e. The Bertz CT molecular complexity index is 214. The van der Waals surface area contributed by atoms with Crippen molar-refractivity contribution in [1.29, 1.82) is 0 Å². The van der Waals surface area contributed by atoms with Crippen molar-refractivity contribution in [2.24, 2.45) is 0 Å². The molecule has 1 unspecified atom stereocenters. The second kappa shape index (κ2) is 7.46. The summed E-state index contributed by atoms with van der Waals surface area (Å²) in [6.07, 6.45) is 2.58. The van der Waals surface area contributed by atoms with E-state index in [4.69, 9.17) is 0 Å². The van der Waals surface area contributed by atoms with Crippen LogP contribution in [0.4, 0.5) is 0 Å². The quantitative estimate of drug-likeness (QED) is 0.734. The van der Waals surface area contributed by atoms with Gasteiger partial charge in [-0.05, 0) is 40.7 Å². The molecule has 108 valence electrons. The predicted molar refractivity (Wildman–Crippen MR) is 80.1 cm³/mol. The van der Waals surface area contributed by atoms with Crippen LogP contribution in [0.15, 0.2) is 0 Å². The highest BCUT2D eigenvalue weighted by atomic mass is 15.3. The molecule has 18 heavy (non-hydrogen) atoms. The van der Waals surface area contributed by atoms with Gasteiger partial charge in [0, 0.05) is 44.3 Å². The van der Waals surface area contributed by atoms with Crippen LogP contribution in [0.3, 0.4) is 0 Å². The van der Waals surface area contributed by atoms with Crippen LogP contribution in [-0.2, 0) is 0 Å². The summed E-state index contributed by atoms with van der Waals surface area (Å²) in [4.78, 5) is 5.22. The van der Waals surface area contributed by atoms with Crippen LogP contribution in [-0.4, -0.2) is 60.6 Å². The molecule has 0 aliphatic carbocycles. The molecule has 0 spiro atoms. The minimum Gasteiger partial charge on any atom is -0.315 e. The largest absolute Gasteiger partial charge is 0.315 e. The Labute approximate surface area is 114 Å². The molecular formula is C15H33N3. The van der Waals surface area contributed by atoms with Crippen molar-refractivity contribution in [3.8, 4) is 0 Å². The standard InChI is InChI=1S/C15H33N3/c1-6-7-8-16-13-14(2)17-9-11-18(12-10-17)15(3,4)5/h14,16H,6-13H2,1-5H3. The molecule has 3 nitrogen and oxygen atoms in total. The molecule has 0 amide bonds. The molecule has 0 saturated carbocycles. The number of nitrogens with zero attached hydrogens (tertiary/aromatic N) is 2. The summed E-state index contributed by atoms with van der Waals surface area (Å²) in [5.41, 5.74) is 0.328. The Kier molecular flexibility index (Phi) is 6.61. The van der Waals surface area contributed by atoms with Gasteiger partial charge in [-0.3, -0.25) is 9.80 Å². The first-order valence-corrected chi connectivity index (χ1v) is 7.65. The zero-order chi connectivity index (χ0) is 13.6. The van der Waals surface area contributed by atoms with Gasteiger partial charge in [-0.2, -0.15) is 0 Å². The Morgan fingerprint density at radius 1 is 1.11 bits per heavy atom. The molecule has 1 heterocycles. The number of hydrogen-bond acceptors (Lipinski definition) is 3. The molecule has 1 aliphatic rings. The minimum atomic E-state index is 0.328. The summed E-state index contributed by atoms with van der Waals surface area (Å²) in [5, 5.41) is 3.57. The maximum absolute atomic E-state index is 3.57. The third kappa shape index (κ3) is 5.25. The highest BCUT2D eigenvalue weighted by molar-refractivity contribution is 4.84. The lowest BCUT2D eigenvalue weighted by molar-refractivity contribution is 0.0456. The fourth-order valence-electron chi connectivity index (χ4n) is 2.58. The van der Waals surface area contributed by atoms with Gasteiger partial charge in [0.2, 0.25) is 0 Å². The molecule has 0 aromatic carbocycles. The van der Waals surface area contributed by atoms with Gasteiger partial charge < -0.3 is 5.32 Å². The van der Waals surface area contributed by atoms with Crippen LogP contribution in [0.25, 0.3) is 0 Å². The molecule has 1 fully saturated rings. The van der Waals surface area contributed by atoms with Crippen LogP contribution in [0.5, 0.6) is 0 Å². The predicted octanol–water partition coefficient (Wildman–Crippen LogP) is 2.18. The van der Waals surface area contributed by atoms with Crippen molar-refractivity contribution >= 4 is 0 Å². The van der Waals surface area contributed by atoms with Crippen molar-refractivity contribution in [3.05, 3.63) is 0 Å². The van der Waals surface area contributed by atoms with E-state index in [1.165, 1.54) is 45.6 Å². The highest BCUT2D eigenvalue weighted by Crippen LogP contribution is 2.16. The van der Waals surface area contributed by atoms with Crippen molar-refractivity contribution in [2.45, 2.75) is 59.0 Å². The summed E-state index contributed by atoms with van der Waals surface area (Å²) in [6.45, 7) is 18.7. The number of hydrogen-bond donors (Lipinski definition) is 1. The number of unbranched alkanes of at least 4 members (excludes halogenated alkanes) is 1. The van der Waals surface area contributed by atoms with Crippen LogP contribution >= 0.6 is 0 Å². The zero-order valence-electron chi connectivity index (χ0n) is 13.1. The Balaban J connectivity index is 2.21. The number of rotatable bonds is 6. The van der Waals surface area contributed by atoms with Gasteiger partial charge in [-0.15, -0.1) is 0 Å². The number of piperazine rings is 1. The van der Waals surface area contributed by atoms with E-state index < -0.39 is 0 Å². The van der Waals surface area contributed by atoms with Crippen molar-refractivity contribution in [3.63, 3.8) is 0 Å². The topological polar surface area (TPSA) is 18.5 Å². The monoisotopic (exact) mass is 255 g/mol. The fraction of sp³-hybridized carbons (Fsp3) is 1.00. The molecule has 1 atom stereocenters. The second-order valence-electron chi connectivity index (χ2n) is 6.60. The van der Waals surface area contributed by atoms with Crippen molar-refractivity contribution in [1.82, 2.24) is 15.1 Å². The summed E-state index contributed by atoms with van der Waals surface area (Å²) in [7, 11) is 0. The third-order valence-corrected chi connectivity index (χ3v) is 4.03. The van der Waals surface area contributed by atoms with E-state index >= 15 is 0 Å². The number of nitrogens with one attached hydrogen (secondary N) is 1. The summed E-state index contributed by atoms with van der Waals surface area (Å²) < 4.78 is 0. The minimum absolute atomic E-state index is 0.328. The average molecular weight is 255 g/mol. The summed E-state index contributed by atoms with van der Waals surface area (Å²) >= 11 is 0. The van der Waals surface area contributed by atoms with E-state index in [0.717, 1.165) is 6.54 Å². The van der Waals surface area contributed by atoms with Gasteiger partial charge in [0.25, 0.3) is 0 Å². The van der Waals surface area contributed by atoms with Gasteiger partial charge in [-0.1, -0.05) is 13.3 Å². The average Bonchev–Trinajstić information content (AvgIpc) is 2.33. The zero-order valence-corrected chi connectivity index (χ0v) is 13.1. The first-order valence-electron chi connectivity index (χ1n) is 7.65. The molecule has 0 radical (unpaired) electrons. The lowest BCUT2D eigenvalue weighted by Gasteiger charge is -2.44. The molecule has 1 N–H and O–H groups in total. The van der Waals surface area contributed by atoms with E-state index in [9.17, 15) is 0 Å². The molecular weight excluding hydrogens is 222 g/mol. The second-order valence-corrected chi connectivity index (χ2v) is 6.60. The Hall–Kier alpha value is -0.120. The first-order chi connectivity index (χ1) is 8.45. The van der Waals surface area contributed by atoms with Gasteiger partial charge >= 0.3 is 0 Å². The van der Waals surface area contributed by atoms with Gasteiger partial charge in [0.1, 0.15) is 0 Å². The highest BCUT2D eigenvalue weighted by Gasteiger charge is 2.27.